The van der Waals surface area contributed by atoms with Gasteiger partial charge in [-0.05, 0) is 18.5 Å². The molecule has 0 radical (unpaired) electrons. The predicted octanol–water partition coefficient (Wildman–Crippen LogP) is 3.06. The van der Waals surface area contributed by atoms with E-state index in [0.29, 0.717) is 0 Å². The third kappa shape index (κ3) is 1.88. The van der Waals surface area contributed by atoms with E-state index in [2.05, 4.69) is 4.98 Å². The quantitative estimate of drug-likeness (QED) is 0.583. The molecule has 0 aliphatic carbocycles. The molecule has 0 unspecified atom stereocenters. The molecule has 0 saturated carbocycles. The molecule has 0 aliphatic rings. The lowest BCUT2D eigenvalue weighted by Crippen LogP contribution is -2.07. The minimum atomic E-state index is -4.67. The number of rotatable bonds is 0. The lowest BCUT2D eigenvalue weighted by atomic mass is 10.1. The van der Waals surface area contributed by atoms with Crippen molar-refractivity contribution in [3.63, 3.8) is 0 Å². The Hall–Kier alpha value is -0.770. The number of nitrogens with zero attached hydrogens (tertiary/aromatic N) is 1. The number of alkyl halides is 3. The molecule has 1 aromatic heterocycles. The zero-order valence-corrected chi connectivity index (χ0v) is 6.72. The van der Waals surface area contributed by atoms with Gasteiger partial charge in [0.15, 0.2) is 0 Å². The third-order valence-electron chi connectivity index (χ3n) is 1.21. The van der Waals surface area contributed by atoms with Crippen LogP contribution in [0.4, 0.5) is 13.2 Å². The maximum absolute atomic E-state index is 12.3. The van der Waals surface area contributed by atoms with Gasteiger partial charge in [0.25, 0.3) is 0 Å². The number of hydrogen-bond acceptors (Lipinski definition) is 1. The molecular formula is C7H5ClF3N. The molecule has 0 spiro atoms. The molecule has 0 amide bonds. The first-order valence-electron chi connectivity index (χ1n) is 3.95. The van der Waals surface area contributed by atoms with Crippen molar-refractivity contribution in [2.24, 2.45) is 0 Å². The van der Waals surface area contributed by atoms with E-state index in [-0.39, 0.29) is 10.7 Å². The average Bonchev–Trinajstić information content (AvgIpc) is 1.97. The third-order valence-corrected chi connectivity index (χ3v) is 1.39. The smallest absolute Gasteiger partial charge is 0.244 e. The summed E-state index contributed by atoms with van der Waals surface area (Å²) in [6.45, 7) is 1.09. The van der Waals surface area contributed by atoms with Gasteiger partial charge in [-0.25, -0.2) is 4.98 Å². The molecule has 0 fully saturated rings. The summed E-state index contributed by atoms with van der Waals surface area (Å²) in [6, 6.07) is -0.491. The largest absolute Gasteiger partial charge is 0.418 e. The Bertz CT molecular complexity index is 378. The van der Waals surface area contributed by atoms with Crippen molar-refractivity contribution < 1.29 is 15.9 Å². The van der Waals surface area contributed by atoms with Crippen LogP contribution in [0, 0.1) is 6.92 Å². The van der Waals surface area contributed by atoms with E-state index >= 15 is 0 Å². The van der Waals surface area contributed by atoms with Gasteiger partial charge in [0.05, 0.1) is 8.30 Å². The topological polar surface area (TPSA) is 12.9 Å². The summed E-state index contributed by atoms with van der Waals surface area (Å²) in [5.74, 6) is 0. The molecule has 1 aromatic rings. The second-order valence-corrected chi connectivity index (χ2v) is 2.50. The molecule has 0 aliphatic heterocycles. The fourth-order valence-electron chi connectivity index (χ4n) is 0.710. The van der Waals surface area contributed by atoms with Crippen molar-refractivity contribution in [3.8, 4) is 0 Å². The fraction of sp³-hybridized carbons (Fsp3) is 0.286. The number of pyridine rings is 1. The molecular weight excluding hydrogens is 191 g/mol. The average molecular weight is 198 g/mol. The summed E-state index contributed by atoms with van der Waals surface area (Å²) in [5.41, 5.74) is -1.57. The van der Waals surface area contributed by atoms with Crippen LogP contribution in [-0.4, -0.2) is 4.98 Å². The SMILES string of the molecule is [2H]c1nc(Cl)c([2H])c(C)c1C(F)(F)F. The monoisotopic (exact) mass is 197 g/mol. The number of hydrogen-bond donors (Lipinski definition) is 0. The Labute approximate surface area is 75.0 Å². The summed E-state index contributed by atoms with van der Waals surface area (Å²) in [4.78, 5) is 3.12. The van der Waals surface area contributed by atoms with Crippen LogP contribution in [0.15, 0.2) is 12.2 Å². The Morgan fingerprint density at radius 2 is 2.17 bits per heavy atom. The van der Waals surface area contributed by atoms with E-state index in [1.807, 2.05) is 0 Å². The molecule has 1 rings (SSSR count). The summed E-state index contributed by atoms with van der Waals surface area (Å²) in [6.07, 6.45) is -5.62. The molecule has 0 atom stereocenters. The van der Waals surface area contributed by atoms with Crippen molar-refractivity contribution >= 4 is 11.6 Å². The van der Waals surface area contributed by atoms with E-state index in [1.54, 1.807) is 0 Å². The summed E-state index contributed by atoms with van der Waals surface area (Å²) in [5, 5.41) is -0.388. The highest BCUT2D eigenvalue weighted by Crippen LogP contribution is 2.31. The van der Waals surface area contributed by atoms with Gasteiger partial charge in [0.2, 0.25) is 0 Å². The summed E-state index contributed by atoms with van der Waals surface area (Å²) in [7, 11) is 0. The van der Waals surface area contributed by atoms with Gasteiger partial charge >= 0.3 is 6.18 Å². The van der Waals surface area contributed by atoms with Crippen molar-refractivity contribution in [1.29, 1.82) is 0 Å². The van der Waals surface area contributed by atoms with E-state index in [1.165, 1.54) is 0 Å². The van der Waals surface area contributed by atoms with Crippen LogP contribution in [0.5, 0.6) is 0 Å². The van der Waals surface area contributed by atoms with Crippen LogP contribution in [0.25, 0.3) is 0 Å². The van der Waals surface area contributed by atoms with Crippen LogP contribution in [-0.2, 0) is 6.18 Å². The van der Waals surface area contributed by atoms with Crippen LogP contribution < -0.4 is 0 Å². The van der Waals surface area contributed by atoms with Gasteiger partial charge in [-0.3, -0.25) is 0 Å². The van der Waals surface area contributed by atoms with Crippen molar-refractivity contribution in [2.75, 3.05) is 0 Å². The van der Waals surface area contributed by atoms with Crippen LogP contribution in [0.2, 0.25) is 5.15 Å². The Morgan fingerprint density at radius 3 is 2.67 bits per heavy atom. The van der Waals surface area contributed by atoms with E-state index < -0.39 is 24.0 Å². The second-order valence-electron chi connectivity index (χ2n) is 2.14. The first-order valence-corrected chi connectivity index (χ1v) is 3.33. The van der Waals surface area contributed by atoms with Crippen molar-refractivity contribution in [2.45, 2.75) is 13.1 Å². The molecule has 1 nitrogen and oxygen atoms in total. The molecule has 0 saturated heterocycles. The molecule has 66 valence electrons. The van der Waals surface area contributed by atoms with Gasteiger partial charge in [-0.1, -0.05) is 11.6 Å². The molecule has 12 heavy (non-hydrogen) atoms. The summed E-state index contributed by atoms with van der Waals surface area (Å²) < 4.78 is 51.2. The number of halogens is 4. The lowest BCUT2D eigenvalue weighted by Gasteiger charge is -2.08. The van der Waals surface area contributed by atoms with Gasteiger partial charge in [-0.2, -0.15) is 13.2 Å². The molecule has 0 bridgehead atoms. The highest BCUT2D eigenvalue weighted by molar-refractivity contribution is 6.29. The van der Waals surface area contributed by atoms with Gasteiger partial charge < -0.3 is 0 Å². The van der Waals surface area contributed by atoms with Gasteiger partial charge in [-0.15, -0.1) is 0 Å². The summed E-state index contributed by atoms with van der Waals surface area (Å²) >= 11 is 5.36. The van der Waals surface area contributed by atoms with Crippen LogP contribution in [0.3, 0.4) is 0 Å². The minimum Gasteiger partial charge on any atom is -0.244 e. The minimum absolute atomic E-state index is 0.373. The Morgan fingerprint density at radius 1 is 1.58 bits per heavy atom. The standard InChI is InChI=1S/C7H5ClF3N/c1-4-2-6(8)12-3-5(4)7(9,10)11/h2-3H,1H3/i2D,3D. The maximum atomic E-state index is 12.3. The maximum Gasteiger partial charge on any atom is 0.418 e. The first-order chi connectivity index (χ1) is 6.25. The number of aromatic nitrogens is 1. The second kappa shape index (κ2) is 2.94. The highest BCUT2D eigenvalue weighted by atomic mass is 35.5. The van der Waals surface area contributed by atoms with E-state index in [0.717, 1.165) is 6.92 Å². The normalized spacial score (nSPS) is 14.1. The van der Waals surface area contributed by atoms with Gasteiger partial charge in [0, 0.05) is 6.17 Å². The van der Waals surface area contributed by atoms with Crippen molar-refractivity contribution in [3.05, 3.63) is 28.5 Å². The van der Waals surface area contributed by atoms with Crippen molar-refractivity contribution in [1.82, 2.24) is 4.98 Å². The molecule has 5 heteroatoms. The predicted molar refractivity (Wildman–Crippen MR) is 39.0 cm³/mol. The van der Waals surface area contributed by atoms with Crippen LogP contribution in [0.1, 0.15) is 13.9 Å². The fourth-order valence-corrected chi connectivity index (χ4v) is 0.894. The lowest BCUT2D eigenvalue weighted by molar-refractivity contribution is -0.138. The first kappa shape index (κ1) is 6.71. The molecule has 0 aromatic carbocycles. The Kier molecular flexibility index (Phi) is 1.64. The van der Waals surface area contributed by atoms with E-state index in [9.17, 15) is 13.2 Å². The van der Waals surface area contributed by atoms with Crippen LogP contribution >= 0.6 is 11.6 Å². The highest BCUT2D eigenvalue weighted by Gasteiger charge is 2.32. The molecule has 1 heterocycles. The van der Waals surface area contributed by atoms with Gasteiger partial charge in [0.1, 0.15) is 5.15 Å². The zero-order chi connectivity index (χ0) is 11.1. The Balaban J connectivity index is 3.53. The van der Waals surface area contributed by atoms with E-state index in [4.69, 9.17) is 14.3 Å². The zero-order valence-electron chi connectivity index (χ0n) is 7.96. The molecule has 0 N–H and O–H groups in total.